The normalized spacial score (nSPS) is 20.4. The highest BCUT2D eigenvalue weighted by molar-refractivity contribution is 9.10. The van der Waals surface area contributed by atoms with Gasteiger partial charge in [0, 0.05) is 16.1 Å². The van der Waals surface area contributed by atoms with Gasteiger partial charge in [-0.25, -0.2) is 4.68 Å². The molecule has 3 rings (SSSR count). The minimum Gasteiger partial charge on any atom is -0.353 e. The van der Waals surface area contributed by atoms with Crippen molar-refractivity contribution < 1.29 is 4.79 Å². The third-order valence-electron chi connectivity index (χ3n) is 4.49. The Hall–Kier alpha value is -1.54. The molecule has 0 atom stereocenters. The number of amides is 1. The maximum Gasteiger partial charge on any atom is 0.230 e. The monoisotopic (exact) mass is 423 g/mol. The lowest BCUT2D eigenvalue weighted by Gasteiger charge is -2.26. The summed E-state index contributed by atoms with van der Waals surface area (Å²) in [6, 6.07) is 7.99. The molecule has 1 aromatic heterocycles. The van der Waals surface area contributed by atoms with E-state index in [1.54, 1.807) is 0 Å². The number of nitrogens with two attached hydrogens (primary N) is 1. The van der Waals surface area contributed by atoms with Gasteiger partial charge in [0.1, 0.15) is 0 Å². The van der Waals surface area contributed by atoms with Crippen molar-refractivity contribution >= 4 is 33.6 Å². The number of hydrogen-bond acceptors (Lipinski definition) is 5. The summed E-state index contributed by atoms with van der Waals surface area (Å²) in [5.74, 6) is 7.76. The second-order valence-corrected chi connectivity index (χ2v) is 8.27. The third-order valence-corrected chi connectivity index (χ3v) is 6.13. The molecular formula is C17H22BrN5OS. The highest BCUT2D eigenvalue weighted by Crippen LogP contribution is 2.28. The summed E-state index contributed by atoms with van der Waals surface area (Å²) in [5.41, 5.74) is 0.866. The summed E-state index contributed by atoms with van der Waals surface area (Å²) < 4.78 is 2.33. The first kappa shape index (κ1) is 18.3. The van der Waals surface area contributed by atoms with E-state index in [1.165, 1.54) is 29.3 Å². The molecule has 0 spiro atoms. The van der Waals surface area contributed by atoms with E-state index in [-0.39, 0.29) is 11.7 Å². The highest BCUT2D eigenvalue weighted by Gasteiger charge is 2.20. The van der Waals surface area contributed by atoms with Crippen molar-refractivity contribution in [3.8, 4) is 11.4 Å². The molecule has 1 aromatic carbocycles. The highest BCUT2D eigenvalue weighted by atomic mass is 79.9. The Morgan fingerprint density at radius 2 is 2.04 bits per heavy atom. The predicted octanol–water partition coefficient (Wildman–Crippen LogP) is 3.21. The van der Waals surface area contributed by atoms with Crippen molar-refractivity contribution in [2.24, 2.45) is 5.92 Å². The summed E-state index contributed by atoms with van der Waals surface area (Å²) in [6.07, 6.45) is 4.50. The quantitative estimate of drug-likeness (QED) is 0.569. The number of aromatic nitrogens is 3. The first-order chi connectivity index (χ1) is 12.0. The molecule has 0 bridgehead atoms. The average Bonchev–Trinajstić information content (AvgIpc) is 2.96. The molecular weight excluding hydrogens is 402 g/mol. The van der Waals surface area contributed by atoms with Crippen molar-refractivity contribution in [2.45, 2.75) is 43.8 Å². The van der Waals surface area contributed by atoms with E-state index in [2.05, 4.69) is 38.4 Å². The van der Waals surface area contributed by atoms with E-state index in [9.17, 15) is 4.79 Å². The molecule has 6 nitrogen and oxygen atoms in total. The number of nitrogen functional groups attached to an aromatic ring is 1. The Labute approximate surface area is 160 Å². The van der Waals surface area contributed by atoms with E-state index < -0.39 is 0 Å². The first-order valence-electron chi connectivity index (χ1n) is 8.42. The predicted molar refractivity (Wildman–Crippen MR) is 104 cm³/mol. The minimum absolute atomic E-state index is 0.0231. The Bertz CT molecular complexity index is 742. The van der Waals surface area contributed by atoms with Crippen LogP contribution < -0.4 is 11.2 Å². The van der Waals surface area contributed by atoms with E-state index in [0.29, 0.717) is 17.0 Å². The van der Waals surface area contributed by atoms with Crippen molar-refractivity contribution in [3.05, 3.63) is 28.7 Å². The van der Waals surface area contributed by atoms with Crippen LogP contribution >= 0.6 is 27.7 Å². The standard InChI is InChI=1S/C17H22BrN5OS/c1-11-6-8-12(9-7-11)20-15(24)10-25-17-22-21-16(23(17)19)13-4-2-3-5-14(13)18/h2-5,11-12H,6-10,19H2,1H3,(H,20,24). The fourth-order valence-electron chi connectivity index (χ4n) is 3.01. The lowest BCUT2D eigenvalue weighted by Crippen LogP contribution is -2.38. The van der Waals surface area contributed by atoms with Crippen LogP contribution in [0.2, 0.25) is 0 Å². The molecule has 0 aliphatic heterocycles. The van der Waals surface area contributed by atoms with E-state index in [1.807, 2.05) is 24.3 Å². The van der Waals surface area contributed by atoms with Crippen LogP contribution in [0, 0.1) is 5.92 Å². The molecule has 1 aliphatic carbocycles. The van der Waals surface area contributed by atoms with Crippen molar-refractivity contribution in [2.75, 3.05) is 11.6 Å². The van der Waals surface area contributed by atoms with Crippen molar-refractivity contribution in [1.82, 2.24) is 20.2 Å². The fraction of sp³-hybridized carbons (Fsp3) is 0.471. The van der Waals surface area contributed by atoms with Crippen LogP contribution in [0.1, 0.15) is 32.6 Å². The number of rotatable bonds is 5. The fourth-order valence-corrected chi connectivity index (χ4v) is 4.14. The molecule has 0 radical (unpaired) electrons. The number of benzene rings is 1. The van der Waals surface area contributed by atoms with Crippen LogP contribution in [0.3, 0.4) is 0 Å². The Kier molecular flexibility index (Phi) is 6.01. The zero-order valence-corrected chi connectivity index (χ0v) is 16.5. The van der Waals surface area contributed by atoms with Crippen LogP contribution in [0.5, 0.6) is 0 Å². The molecule has 134 valence electrons. The zero-order chi connectivity index (χ0) is 17.8. The van der Waals surface area contributed by atoms with E-state index >= 15 is 0 Å². The largest absolute Gasteiger partial charge is 0.353 e. The average molecular weight is 424 g/mol. The number of hydrogen-bond donors (Lipinski definition) is 2. The third kappa shape index (κ3) is 4.55. The summed E-state index contributed by atoms with van der Waals surface area (Å²) in [4.78, 5) is 12.2. The maximum absolute atomic E-state index is 12.2. The molecule has 0 saturated heterocycles. The summed E-state index contributed by atoms with van der Waals surface area (Å²) >= 11 is 4.79. The van der Waals surface area contributed by atoms with Crippen LogP contribution in [0.15, 0.2) is 33.9 Å². The lowest BCUT2D eigenvalue weighted by molar-refractivity contribution is -0.119. The molecule has 1 fully saturated rings. The molecule has 0 unspecified atom stereocenters. The lowest BCUT2D eigenvalue weighted by atomic mass is 9.87. The van der Waals surface area contributed by atoms with Crippen LogP contribution in [-0.4, -0.2) is 32.6 Å². The molecule has 8 heteroatoms. The van der Waals surface area contributed by atoms with Gasteiger partial charge in [0.15, 0.2) is 5.82 Å². The Balaban J connectivity index is 1.57. The Morgan fingerprint density at radius 3 is 2.76 bits per heavy atom. The molecule has 1 heterocycles. The number of nitrogens with zero attached hydrogens (tertiary/aromatic N) is 3. The van der Waals surface area contributed by atoms with Gasteiger partial charge in [-0.2, -0.15) is 0 Å². The molecule has 3 N–H and O–H groups in total. The number of halogens is 1. The van der Waals surface area contributed by atoms with Gasteiger partial charge in [0.2, 0.25) is 11.1 Å². The first-order valence-corrected chi connectivity index (χ1v) is 10.2. The summed E-state index contributed by atoms with van der Waals surface area (Å²) in [7, 11) is 0. The minimum atomic E-state index is 0.0231. The number of thioether (sulfide) groups is 1. The van der Waals surface area contributed by atoms with Crippen molar-refractivity contribution in [3.63, 3.8) is 0 Å². The maximum atomic E-state index is 12.2. The van der Waals surface area contributed by atoms with Gasteiger partial charge >= 0.3 is 0 Å². The van der Waals surface area contributed by atoms with Crippen LogP contribution in [0.25, 0.3) is 11.4 Å². The van der Waals surface area contributed by atoms with Crippen LogP contribution in [0.4, 0.5) is 0 Å². The molecule has 1 saturated carbocycles. The smallest absolute Gasteiger partial charge is 0.230 e. The molecule has 1 aliphatic rings. The number of carbonyl (C=O) groups excluding carboxylic acids is 1. The number of nitrogens with one attached hydrogen (secondary N) is 1. The molecule has 1 amide bonds. The van der Waals surface area contributed by atoms with Gasteiger partial charge in [0.25, 0.3) is 0 Å². The van der Waals surface area contributed by atoms with Gasteiger partial charge in [-0.15, -0.1) is 10.2 Å². The van der Waals surface area contributed by atoms with Crippen LogP contribution in [-0.2, 0) is 4.79 Å². The SMILES string of the molecule is CC1CCC(NC(=O)CSc2nnc(-c3ccccc3Br)n2N)CC1. The van der Waals surface area contributed by atoms with Gasteiger partial charge in [0.05, 0.1) is 5.75 Å². The Morgan fingerprint density at radius 1 is 1.32 bits per heavy atom. The van der Waals surface area contributed by atoms with Gasteiger partial charge < -0.3 is 11.2 Å². The second kappa shape index (κ2) is 8.23. The van der Waals surface area contributed by atoms with E-state index in [4.69, 9.17) is 5.84 Å². The second-order valence-electron chi connectivity index (χ2n) is 6.47. The molecule has 2 aromatic rings. The van der Waals surface area contributed by atoms with E-state index in [0.717, 1.165) is 28.8 Å². The zero-order valence-electron chi connectivity index (χ0n) is 14.1. The number of carbonyl (C=O) groups is 1. The van der Waals surface area contributed by atoms with Gasteiger partial charge in [-0.1, -0.05) is 46.7 Å². The topological polar surface area (TPSA) is 85.8 Å². The molecule has 25 heavy (non-hydrogen) atoms. The summed E-state index contributed by atoms with van der Waals surface area (Å²) in [6.45, 7) is 2.27. The summed E-state index contributed by atoms with van der Waals surface area (Å²) in [5, 5.41) is 11.9. The van der Waals surface area contributed by atoms with Gasteiger partial charge in [-0.05, 0) is 43.7 Å². The van der Waals surface area contributed by atoms with Crippen molar-refractivity contribution in [1.29, 1.82) is 0 Å². The van der Waals surface area contributed by atoms with Gasteiger partial charge in [-0.3, -0.25) is 4.79 Å².